The molecule has 1 aliphatic heterocycles. The fourth-order valence-corrected chi connectivity index (χ4v) is 1.93. The molecule has 0 N–H and O–H groups in total. The van der Waals surface area contributed by atoms with E-state index in [9.17, 15) is 0 Å². The normalized spacial score (nSPS) is 27.9. The summed E-state index contributed by atoms with van der Waals surface area (Å²) in [5.41, 5.74) is 0. The van der Waals surface area contributed by atoms with Crippen LogP contribution >= 0.6 is 0 Å². The van der Waals surface area contributed by atoms with Crippen molar-refractivity contribution in [2.75, 3.05) is 6.79 Å². The van der Waals surface area contributed by atoms with Gasteiger partial charge in [-0.25, -0.2) is 0 Å². The molecule has 0 bridgehead atoms. The predicted molar refractivity (Wildman–Crippen MR) is 58.3 cm³/mol. The minimum atomic E-state index is 0.463. The maximum atomic E-state index is 5.57. The average molecular weight is 200 g/mol. The van der Waals surface area contributed by atoms with Crippen LogP contribution in [-0.2, 0) is 9.47 Å². The van der Waals surface area contributed by atoms with Crippen molar-refractivity contribution in [1.82, 2.24) is 0 Å². The lowest BCUT2D eigenvalue weighted by Crippen LogP contribution is -2.31. The van der Waals surface area contributed by atoms with E-state index in [4.69, 9.17) is 9.47 Å². The molecule has 0 amide bonds. The zero-order valence-corrected chi connectivity index (χ0v) is 9.63. The van der Waals surface area contributed by atoms with Crippen LogP contribution in [0.25, 0.3) is 0 Å². The smallest absolute Gasteiger partial charge is 0.147 e. The van der Waals surface area contributed by atoms with Gasteiger partial charge >= 0.3 is 0 Å². The van der Waals surface area contributed by atoms with Crippen molar-refractivity contribution < 1.29 is 9.47 Å². The van der Waals surface area contributed by atoms with Gasteiger partial charge in [-0.2, -0.15) is 0 Å². The molecule has 0 aliphatic carbocycles. The number of hydrogen-bond acceptors (Lipinski definition) is 2. The van der Waals surface area contributed by atoms with Gasteiger partial charge in [0, 0.05) is 0 Å². The molecule has 1 heterocycles. The first-order chi connectivity index (χ1) is 6.86. The summed E-state index contributed by atoms with van der Waals surface area (Å²) in [4.78, 5) is 0. The highest BCUT2D eigenvalue weighted by molar-refractivity contribution is 4.69. The molecular weight excluding hydrogens is 176 g/mol. The second-order valence-electron chi connectivity index (χ2n) is 4.22. The highest BCUT2D eigenvalue weighted by Crippen LogP contribution is 2.21. The van der Waals surface area contributed by atoms with Crippen molar-refractivity contribution in [3.05, 3.63) is 0 Å². The Labute approximate surface area is 88.0 Å². The van der Waals surface area contributed by atoms with Crippen molar-refractivity contribution in [3.63, 3.8) is 0 Å². The largest absolute Gasteiger partial charge is 0.352 e. The molecular formula is C12H24O2. The summed E-state index contributed by atoms with van der Waals surface area (Å²) in [7, 11) is 0. The number of ether oxygens (including phenoxy) is 2. The Hall–Kier alpha value is -0.0800. The molecule has 84 valence electrons. The molecule has 0 spiro atoms. The lowest BCUT2D eigenvalue weighted by Gasteiger charge is -2.29. The third-order valence-electron chi connectivity index (χ3n) is 2.89. The number of rotatable bonds is 6. The van der Waals surface area contributed by atoms with Gasteiger partial charge in [0.05, 0.1) is 12.2 Å². The standard InChI is InChI=1S/C12H24O2/c1-3-5-7-11-9-12(8-6-4-2)14-10-13-11/h11-12H,3-10H2,1-2H3. The maximum absolute atomic E-state index is 5.57. The molecule has 1 aliphatic rings. The summed E-state index contributed by atoms with van der Waals surface area (Å²) in [6.07, 6.45) is 9.55. The molecule has 2 unspecified atom stereocenters. The molecule has 2 nitrogen and oxygen atoms in total. The van der Waals surface area contributed by atoms with Gasteiger partial charge < -0.3 is 9.47 Å². The van der Waals surface area contributed by atoms with Crippen LogP contribution < -0.4 is 0 Å². The van der Waals surface area contributed by atoms with Crippen molar-refractivity contribution in [2.24, 2.45) is 0 Å². The minimum absolute atomic E-state index is 0.463. The van der Waals surface area contributed by atoms with Gasteiger partial charge in [0.1, 0.15) is 6.79 Å². The molecule has 0 saturated carbocycles. The molecule has 0 aromatic carbocycles. The van der Waals surface area contributed by atoms with Crippen LogP contribution in [0.3, 0.4) is 0 Å². The number of unbranched alkanes of at least 4 members (excludes halogenated alkanes) is 2. The molecule has 1 fully saturated rings. The second-order valence-corrected chi connectivity index (χ2v) is 4.22. The van der Waals surface area contributed by atoms with E-state index in [1.165, 1.54) is 38.5 Å². The van der Waals surface area contributed by atoms with Crippen LogP contribution in [0, 0.1) is 0 Å². The van der Waals surface area contributed by atoms with Crippen molar-refractivity contribution in [1.29, 1.82) is 0 Å². The summed E-state index contributed by atoms with van der Waals surface area (Å²) < 4.78 is 11.1. The van der Waals surface area contributed by atoms with Gasteiger partial charge in [0.2, 0.25) is 0 Å². The first-order valence-electron chi connectivity index (χ1n) is 6.10. The summed E-state index contributed by atoms with van der Waals surface area (Å²) in [6.45, 7) is 4.98. The highest BCUT2D eigenvalue weighted by Gasteiger charge is 2.21. The molecule has 0 aromatic heterocycles. The third kappa shape index (κ3) is 4.43. The van der Waals surface area contributed by atoms with Gasteiger partial charge in [0.15, 0.2) is 0 Å². The van der Waals surface area contributed by atoms with Gasteiger partial charge in [-0.3, -0.25) is 0 Å². The summed E-state index contributed by atoms with van der Waals surface area (Å²) in [5, 5.41) is 0. The van der Waals surface area contributed by atoms with E-state index in [1.807, 2.05) is 0 Å². The van der Waals surface area contributed by atoms with Gasteiger partial charge in [0.25, 0.3) is 0 Å². The molecule has 0 aromatic rings. The fraction of sp³-hybridized carbons (Fsp3) is 1.00. The van der Waals surface area contributed by atoms with E-state index in [1.54, 1.807) is 0 Å². The quantitative estimate of drug-likeness (QED) is 0.653. The van der Waals surface area contributed by atoms with Crippen LogP contribution in [0.15, 0.2) is 0 Å². The molecule has 1 rings (SSSR count). The van der Waals surface area contributed by atoms with E-state index in [0.717, 1.165) is 6.42 Å². The number of hydrogen-bond donors (Lipinski definition) is 0. The topological polar surface area (TPSA) is 18.5 Å². The lowest BCUT2D eigenvalue weighted by molar-refractivity contribution is -0.178. The zero-order chi connectivity index (χ0) is 10.2. The average Bonchev–Trinajstić information content (AvgIpc) is 2.24. The predicted octanol–water partition coefficient (Wildman–Crippen LogP) is 3.50. The summed E-state index contributed by atoms with van der Waals surface area (Å²) in [6, 6.07) is 0. The SMILES string of the molecule is CCCCC1CC(CCCC)OCO1. The Kier molecular flexibility index (Phi) is 6.20. The Bertz CT molecular complexity index is 122. The van der Waals surface area contributed by atoms with Crippen LogP contribution in [0.5, 0.6) is 0 Å². The third-order valence-corrected chi connectivity index (χ3v) is 2.89. The van der Waals surface area contributed by atoms with Gasteiger partial charge in [-0.05, 0) is 19.3 Å². The fourth-order valence-electron chi connectivity index (χ4n) is 1.93. The van der Waals surface area contributed by atoms with E-state index in [2.05, 4.69) is 13.8 Å². The van der Waals surface area contributed by atoms with E-state index in [0.29, 0.717) is 19.0 Å². The Morgan fingerprint density at radius 1 is 0.929 bits per heavy atom. The van der Waals surface area contributed by atoms with E-state index in [-0.39, 0.29) is 0 Å². The molecule has 2 atom stereocenters. The van der Waals surface area contributed by atoms with Crippen molar-refractivity contribution in [3.8, 4) is 0 Å². The monoisotopic (exact) mass is 200 g/mol. The minimum Gasteiger partial charge on any atom is -0.352 e. The van der Waals surface area contributed by atoms with Gasteiger partial charge in [-0.1, -0.05) is 39.5 Å². The van der Waals surface area contributed by atoms with Crippen LogP contribution in [0.2, 0.25) is 0 Å². The Balaban J connectivity index is 2.14. The zero-order valence-electron chi connectivity index (χ0n) is 9.63. The molecule has 14 heavy (non-hydrogen) atoms. The Morgan fingerprint density at radius 2 is 1.43 bits per heavy atom. The van der Waals surface area contributed by atoms with E-state index < -0.39 is 0 Å². The molecule has 0 radical (unpaired) electrons. The highest BCUT2D eigenvalue weighted by atomic mass is 16.7. The van der Waals surface area contributed by atoms with Crippen LogP contribution in [0.4, 0.5) is 0 Å². The maximum Gasteiger partial charge on any atom is 0.147 e. The van der Waals surface area contributed by atoms with E-state index >= 15 is 0 Å². The summed E-state index contributed by atoms with van der Waals surface area (Å²) in [5.74, 6) is 0. The van der Waals surface area contributed by atoms with Crippen LogP contribution in [-0.4, -0.2) is 19.0 Å². The van der Waals surface area contributed by atoms with Crippen molar-refractivity contribution in [2.45, 2.75) is 71.0 Å². The first-order valence-corrected chi connectivity index (χ1v) is 6.10. The Morgan fingerprint density at radius 3 is 1.86 bits per heavy atom. The summed E-state index contributed by atoms with van der Waals surface area (Å²) >= 11 is 0. The van der Waals surface area contributed by atoms with Gasteiger partial charge in [-0.15, -0.1) is 0 Å². The molecule has 1 saturated heterocycles. The first kappa shape index (κ1) is 12.0. The van der Waals surface area contributed by atoms with Crippen molar-refractivity contribution >= 4 is 0 Å². The van der Waals surface area contributed by atoms with Crippen LogP contribution in [0.1, 0.15) is 58.8 Å². The molecule has 2 heteroatoms. The second kappa shape index (κ2) is 7.24. The lowest BCUT2D eigenvalue weighted by atomic mass is 10.0.